The first-order chi connectivity index (χ1) is 15.1. The Bertz CT molecular complexity index is 1240. The number of aliphatic hydroxyl groups is 2. The Labute approximate surface area is 179 Å². The van der Waals surface area contributed by atoms with Gasteiger partial charge in [0.1, 0.15) is 34.5 Å². The van der Waals surface area contributed by atoms with Crippen molar-refractivity contribution in [2.75, 3.05) is 14.2 Å². The number of benzene rings is 2. The monoisotopic (exact) mass is 438 g/mol. The number of hydrogen-bond acceptors (Lipinski definition) is 10. The lowest BCUT2D eigenvalue weighted by Gasteiger charge is -2.25. The maximum atomic E-state index is 12.5. The second kappa shape index (κ2) is 6.98. The van der Waals surface area contributed by atoms with E-state index in [9.17, 15) is 39.6 Å². The van der Waals surface area contributed by atoms with Gasteiger partial charge in [0.25, 0.3) is 0 Å². The van der Waals surface area contributed by atoms with Crippen LogP contribution in [0, 0.1) is 0 Å². The van der Waals surface area contributed by atoms with Crippen molar-refractivity contribution in [3.05, 3.63) is 46.5 Å². The quantitative estimate of drug-likeness (QED) is 0.521. The van der Waals surface area contributed by atoms with Gasteiger partial charge in [0.15, 0.2) is 0 Å². The van der Waals surface area contributed by atoms with E-state index in [0.717, 1.165) is 12.1 Å². The average molecular weight is 438 g/mol. The van der Waals surface area contributed by atoms with E-state index in [1.54, 1.807) is 0 Å². The average Bonchev–Trinajstić information content (AvgIpc) is 2.74. The lowest BCUT2D eigenvalue weighted by atomic mass is 9.81. The summed E-state index contributed by atoms with van der Waals surface area (Å²) in [6, 6.07) is 2.01. The van der Waals surface area contributed by atoms with E-state index in [-0.39, 0.29) is 33.8 Å². The molecule has 2 aromatic rings. The zero-order valence-electron chi connectivity index (χ0n) is 16.5. The van der Waals surface area contributed by atoms with E-state index < -0.39 is 57.3 Å². The summed E-state index contributed by atoms with van der Waals surface area (Å²) in [6.07, 6.45) is 1.30. The zero-order chi connectivity index (χ0) is 23.5. The highest BCUT2D eigenvalue weighted by Gasteiger charge is 2.39. The number of methoxy groups -OCH3 is 2. The summed E-state index contributed by atoms with van der Waals surface area (Å²) in [4.78, 5) is 48.8. The topological polar surface area (TPSA) is 168 Å². The van der Waals surface area contributed by atoms with Crippen molar-refractivity contribution < 1.29 is 49.1 Å². The largest absolute Gasteiger partial charge is 0.507 e. The van der Waals surface area contributed by atoms with Crippen molar-refractivity contribution in [1.29, 1.82) is 0 Å². The van der Waals surface area contributed by atoms with Crippen LogP contribution in [-0.2, 0) is 9.59 Å². The van der Waals surface area contributed by atoms with Crippen LogP contribution in [0.5, 0.6) is 23.0 Å². The van der Waals surface area contributed by atoms with Gasteiger partial charge in [-0.15, -0.1) is 0 Å². The third-order valence-electron chi connectivity index (χ3n) is 5.18. The molecule has 0 amide bonds. The smallest absolute Gasteiger partial charge is 0.237 e. The summed E-state index contributed by atoms with van der Waals surface area (Å²) in [5, 5.41) is 41.8. The Balaban J connectivity index is 2.26. The van der Waals surface area contributed by atoms with Crippen molar-refractivity contribution >= 4 is 34.7 Å². The fourth-order valence-electron chi connectivity index (χ4n) is 3.85. The predicted molar refractivity (Wildman–Crippen MR) is 108 cm³/mol. The van der Waals surface area contributed by atoms with Crippen LogP contribution in [0.1, 0.15) is 31.8 Å². The molecule has 4 rings (SSSR count). The van der Waals surface area contributed by atoms with E-state index in [4.69, 9.17) is 9.47 Å². The molecule has 10 heteroatoms. The van der Waals surface area contributed by atoms with Crippen molar-refractivity contribution in [3.63, 3.8) is 0 Å². The minimum Gasteiger partial charge on any atom is -0.507 e. The van der Waals surface area contributed by atoms with Gasteiger partial charge in [0, 0.05) is 46.5 Å². The van der Waals surface area contributed by atoms with Crippen LogP contribution in [-0.4, -0.2) is 57.8 Å². The molecule has 0 saturated carbocycles. The number of ether oxygens (including phenoxy) is 2. The van der Waals surface area contributed by atoms with E-state index in [1.165, 1.54) is 14.2 Å². The summed E-state index contributed by atoms with van der Waals surface area (Å²) in [5.41, 5.74) is -1.98. The van der Waals surface area contributed by atoms with Crippen LogP contribution in [0.4, 0.5) is 0 Å². The molecule has 0 aromatic heterocycles. The molecule has 0 spiro atoms. The maximum Gasteiger partial charge on any atom is 0.237 e. The minimum absolute atomic E-state index is 0.133. The molecule has 0 bridgehead atoms. The molecular weight excluding hydrogens is 424 g/mol. The summed E-state index contributed by atoms with van der Waals surface area (Å²) in [6.45, 7) is 0. The van der Waals surface area contributed by atoms with Crippen LogP contribution in [0.25, 0.3) is 22.6 Å². The first kappa shape index (κ1) is 20.7. The van der Waals surface area contributed by atoms with Gasteiger partial charge in [-0.1, -0.05) is 0 Å². The molecule has 2 aliphatic rings. The number of allylic oxidation sites excluding steroid dienone is 2. The van der Waals surface area contributed by atoms with Crippen LogP contribution in [0.3, 0.4) is 0 Å². The standard InChI is InChI=1S/C22H14O10/c1-31-13-5-9(25)17-15(7(23)3-11(27)21(17)29)19(13)20-14(32-2)6-10(26)18-16(20)8(24)4-12(28)22(18)30/h3-6,23-26H,1-2H3. The number of Topliss-reactive ketones (excluding diaryl/α,β-unsaturated/α-hetero) is 2. The molecule has 0 unspecified atom stereocenters. The second-order valence-electron chi connectivity index (χ2n) is 6.89. The van der Waals surface area contributed by atoms with E-state index in [2.05, 4.69) is 0 Å². The number of ketones is 4. The molecule has 32 heavy (non-hydrogen) atoms. The zero-order valence-corrected chi connectivity index (χ0v) is 16.5. The molecule has 2 aromatic carbocycles. The van der Waals surface area contributed by atoms with Gasteiger partial charge in [0.05, 0.1) is 25.3 Å². The van der Waals surface area contributed by atoms with E-state index >= 15 is 0 Å². The number of aliphatic hydroxyl groups excluding tert-OH is 2. The number of phenolic OH excluding ortho intramolecular Hbond substituents is 2. The van der Waals surface area contributed by atoms with Gasteiger partial charge >= 0.3 is 0 Å². The van der Waals surface area contributed by atoms with Crippen LogP contribution in [0.15, 0.2) is 24.3 Å². The number of fused-ring (bicyclic) bond motifs is 2. The first-order valence-electron chi connectivity index (χ1n) is 9.00. The van der Waals surface area contributed by atoms with Gasteiger partial charge in [0.2, 0.25) is 23.1 Å². The van der Waals surface area contributed by atoms with Gasteiger partial charge in [-0.2, -0.15) is 0 Å². The number of carbonyl (C=O) groups is 4. The molecule has 0 saturated heterocycles. The van der Waals surface area contributed by atoms with E-state index in [0.29, 0.717) is 12.2 Å². The maximum absolute atomic E-state index is 12.5. The highest BCUT2D eigenvalue weighted by atomic mass is 16.5. The second-order valence-corrected chi connectivity index (χ2v) is 6.89. The number of rotatable bonds is 3. The number of phenols is 2. The number of carbonyl (C=O) groups excluding carboxylic acids is 4. The normalized spacial score (nSPS) is 15.1. The molecule has 0 heterocycles. The summed E-state index contributed by atoms with van der Waals surface area (Å²) in [5.74, 6) is -7.35. The Morgan fingerprint density at radius 3 is 1.22 bits per heavy atom. The summed E-state index contributed by atoms with van der Waals surface area (Å²) >= 11 is 0. The molecule has 162 valence electrons. The lowest BCUT2D eigenvalue weighted by Crippen LogP contribution is -2.22. The van der Waals surface area contributed by atoms with E-state index in [1.807, 2.05) is 0 Å². The lowest BCUT2D eigenvalue weighted by molar-refractivity contribution is -0.111. The summed E-state index contributed by atoms with van der Waals surface area (Å²) < 4.78 is 10.6. The van der Waals surface area contributed by atoms with Crippen LogP contribution < -0.4 is 9.47 Å². The molecule has 10 nitrogen and oxygen atoms in total. The highest BCUT2D eigenvalue weighted by molar-refractivity contribution is 6.52. The van der Waals surface area contributed by atoms with Gasteiger partial charge in [-0.25, -0.2) is 0 Å². The van der Waals surface area contributed by atoms with Crippen molar-refractivity contribution in [3.8, 4) is 34.1 Å². The molecule has 0 fully saturated rings. The van der Waals surface area contributed by atoms with Gasteiger partial charge in [-0.05, 0) is 0 Å². The Morgan fingerprint density at radius 2 is 0.906 bits per heavy atom. The third-order valence-corrected chi connectivity index (χ3v) is 5.18. The fourth-order valence-corrected chi connectivity index (χ4v) is 3.85. The molecule has 0 radical (unpaired) electrons. The van der Waals surface area contributed by atoms with Crippen LogP contribution in [0.2, 0.25) is 0 Å². The minimum atomic E-state index is -1.11. The Morgan fingerprint density at radius 1 is 0.562 bits per heavy atom. The molecule has 4 N–H and O–H groups in total. The summed E-state index contributed by atoms with van der Waals surface area (Å²) in [7, 11) is 2.43. The molecular formula is C22H14O10. The molecule has 0 aliphatic heterocycles. The number of aromatic hydroxyl groups is 2. The molecule has 2 aliphatic carbocycles. The van der Waals surface area contributed by atoms with Gasteiger partial charge < -0.3 is 29.9 Å². The van der Waals surface area contributed by atoms with Crippen molar-refractivity contribution in [1.82, 2.24) is 0 Å². The van der Waals surface area contributed by atoms with Crippen molar-refractivity contribution in [2.45, 2.75) is 0 Å². The van der Waals surface area contributed by atoms with Crippen molar-refractivity contribution in [2.24, 2.45) is 0 Å². The number of hydrogen-bond donors (Lipinski definition) is 4. The first-order valence-corrected chi connectivity index (χ1v) is 9.00. The highest BCUT2D eigenvalue weighted by Crippen LogP contribution is 2.52. The predicted octanol–water partition coefficient (Wildman–Crippen LogP) is 2.11. The molecule has 0 atom stereocenters. The Hall–Kier alpha value is -4.60. The van der Waals surface area contributed by atoms with Gasteiger partial charge in [-0.3, -0.25) is 19.2 Å². The Kier molecular flexibility index (Phi) is 4.51. The van der Waals surface area contributed by atoms with Crippen LogP contribution >= 0.6 is 0 Å². The SMILES string of the molecule is COc1cc(O)c2c(c1-c1c(OC)cc(O)c3c1C(O)=CC(=O)C3=O)C(O)=CC(=O)C2=O. The third kappa shape index (κ3) is 2.66. The fraction of sp³-hybridized carbons (Fsp3) is 0.0909.